The molecule has 3 aromatic carbocycles. The number of benzene rings is 3. The minimum atomic E-state index is -4.34. The molecular formula is C27H21Cl3N2O7S2. The van der Waals surface area contributed by atoms with Gasteiger partial charge in [0.1, 0.15) is 4.90 Å². The molecule has 1 N–H and O–H groups in total. The van der Waals surface area contributed by atoms with Gasteiger partial charge in [0.05, 0.1) is 23.1 Å². The molecule has 41 heavy (non-hydrogen) atoms. The molecule has 1 aliphatic rings. The number of ether oxygens (including phenoxy) is 1. The Morgan fingerprint density at radius 2 is 1.68 bits per heavy atom. The van der Waals surface area contributed by atoms with Crippen molar-refractivity contribution >= 4 is 85.5 Å². The van der Waals surface area contributed by atoms with Crippen molar-refractivity contribution in [2.45, 2.75) is 25.3 Å². The van der Waals surface area contributed by atoms with Crippen LogP contribution in [0.15, 0.2) is 64.4 Å². The summed E-state index contributed by atoms with van der Waals surface area (Å²) in [6.45, 7) is 3.06. The van der Waals surface area contributed by atoms with Crippen LogP contribution in [-0.4, -0.2) is 37.0 Å². The third-order valence-electron chi connectivity index (χ3n) is 5.54. The maximum atomic E-state index is 13.1. The number of anilines is 1. The maximum absolute atomic E-state index is 13.1. The van der Waals surface area contributed by atoms with Gasteiger partial charge in [0.25, 0.3) is 11.1 Å². The van der Waals surface area contributed by atoms with Crippen molar-refractivity contribution in [3.63, 3.8) is 0 Å². The number of carbonyl (C=O) groups excluding carboxylic acids is 3. The van der Waals surface area contributed by atoms with Crippen LogP contribution in [-0.2, 0) is 26.3 Å². The number of halogens is 3. The molecule has 14 heteroatoms. The molecular weight excluding hydrogens is 635 g/mol. The Hall–Kier alpha value is -3.22. The zero-order valence-electron chi connectivity index (χ0n) is 21.4. The lowest BCUT2D eigenvalue weighted by Crippen LogP contribution is -2.27. The molecule has 0 aromatic heterocycles. The molecule has 0 saturated carbocycles. The average molecular weight is 656 g/mol. The van der Waals surface area contributed by atoms with Crippen molar-refractivity contribution in [3.05, 3.63) is 85.7 Å². The molecule has 9 nitrogen and oxygen atoms in total. The first-order valence-corrected chi connectivity index (χ1v) is 15.2. The Kier molecular flexibility index (Phi) is 9.55. The fraction of sp³-hybridized carbons (Fsp3) is 0.148. The number of hydrogen-bond donors (Lipinski definition) is 1. The normalized spacial score (nSPS) is 14.5. The second kappa shape index (κ2) is 12.7. The van der Waals surface area contributed by atoms with Crippen molar-refractivity contribution in [2.24, 2.45) is 0 Å². The van der Waals surface area contributed by atoms with Gasteiger partial charge < -0.3 is 14.2 Å². The summed E-state index contributed by atoms with van der Waals surface area (Å²) in [6.07, 6.45) is 1.44. The van der Waals surface area contributed by atoms with Crippen LogP contribution in [0.25, 0.3) is 6.08 Å². The Bertz CT molecular complexity index is 1660. The minimum Gasteiger partial charge on any atom is -0.490 e. The Labute approximate surface area is 255 Å². The second-order valence-electron chi connectivity index (χ2n) is 8.47. The molecule has 4 rings (SSSR count). The highest BCUT2D eigenvalue weighted by molar-refractivity contribution is 8.18. The van der Waals surface area contributed by atoms with E-state index in [9.17, 15) is 22.8 Å². The van der Waals surface area contributed by atoms with E-state index in [2.05, 4.69) is 5.32 Å². The summed E-state index contributed by atoms with van der Waals surface area (Å²) in [5, 5.41) is 2.57. The number of carbonyl (C=O) groups is 3. The van der Waals surface area contributed by atoms with Crippen LogP contribution < -0.4 is 14.2 Å². The number of nitrogens with one attached hydrogen (secondary N) is 1. The van der Waals surface area contributed by atoms with Gasteiger partial charge in [-0.05, 0) is 78.9 Å². The monoisotopic (exact) mass is 654 g/mol. The van der Waals surface area contributed by atoms with Crippen LogP contribution in [0.5, 0.6) is 11.5 Å². The molecule has 0 bridgehead atoms. The van der Waals surface area contributed by atoms with Crippen molar-refractivity contribution < 1.29 is 31.7 Å². The van der Waals surface area contributed by atoms with Crippen LogP contribution in [0.2, 0.25) is 15.1 Å². The first-order valence-electron chi connectivity index (χ1n) is 11.9. The van der Waals surface area contributed by atoms with E-state index in [1.807, 2.05) is 0 Å². The third kappa shape index (κ3) is 7.17. The third-order valence-corrected chi connectivity index (χ3v) is 8.67. The Morgan fingerprint density at radius 1 is 1.02 bits per heavy atom. The molecule has 0 spiro atoms. The number of amides is 3. The van der Waals surface area contributed by atoms with Crippen molar-refractivity contribution in [2.75, 3.05) is 11.9 Å². The fourth-order valence-electron chi connectivity index (χ4n) is 3.71. The molecule has 1 fully saturated rings. The predicted octanol–water partition coefficient (Wildman–Crippen LogP) is 7.01. The molecule has 0 aliphatic carbocycles. The number of imide groups is 1. The van der Waals surface area contributed by atoms with Gasteiger partial charge in [-0.1, -0.05) is 40.9 Å². The quantitative estimate of drug-likeness (QED) is 0.193. The van der Waals surface area contributed by atoms with Gasteiger partial charge in [0.2, 0.25) is 11.7 Å². The molecule has 1 heterocycles. The maximum Gasteiger partial charge on any atom is 0.339 e. The number of nitrogens with zero attached hydrogens (tertiary/aromatic N) is 1. The van der Waals surface area contributed by atoms with E-state index in [-0.39, 0.29) is 45.4 Å². The lowest BCUT2D eigenvalue weighted by molar-refractivity contribution is -0.123. The molecule has 214 valence electrons. The van der Waals surface area contributed by atoms with E-state index in [1.165, 1.54) is 49.4 Å². The topological polar surface area (TPSA) is 119 Å². The Balaban J connectivity index is 1.60. The number of hydrogen-bond acceptors (Lipinski definition) is 8. The number of rotatable bonds is 9. The Morgan fingerprint density at radius 3 is 2.29 bits per heavy atom. The number of thioether (sulfide) groups is 1. The predicted molar refractivity (Wildman–Crippen MR) is 159 cm³/mol. The summed E-state index contributed by atoms with van der Waals surface area (Å²) in [5.41, 5.74) is 1.21. The molecule has 1 aliphatic heterocycles. The van der Waals surface area contributed by atoms with Gasteiger partial charge in [0.15, 0.2) is 5.75 Å². The molecule has 0 unspecified atom stereocenters. The van der Waals surface area contributed by atoms with Gasteiger partial charge in [-0.2, -0.15) is 8.42 Å². The lowest BCUT2D eigenvalue weighted by atomic mass is 10.1. The van der Waals surface area contributed by atoms with Crippen molar-refractivity contribution in [3.8, 4) is 11.5 Å². The van der Waals surface area contributed by atoms with Gasteiger partial charge in [-0.25, -0.2) is 0 Å². The first-order chi connectivity index (χ1) is 19.4. The summed E-state index contributed by atoms with van der Waals surface area (Å²) in [5.74, 6) is -1.11. The molecule has 3 amide bonds. The summed E-state index contributed by atoms with van der Waals surface area (Å²) in [6, 6.07) is 13.1. The SMILES string of the molecule is CCOc1cc(/C=C2\SC(=O)N(Cc3c(Cl)cccc3Cl)C2=O)cc(Cl)c1OS(=O)(=O)c1ccc(NC(C)=O)cc1. The van der Waals surface area contributed by atoms with E-state index in [4.69, 9.17) is 43.7 Å². The van der Waals surface area contributed by atoms with E-state index in [1.54, 1.807) is 25.1 Å². The highest BCUT2D eigenvalue weighted by Gasteiger charge is 2.36. The summed E-state index contributed by atoms with van der Waals surface area (Å²) in [7, 11) is -4.34. The summed E-state index contributed by atoms with van der Waals surface area (Å²) < 4.78 is 36.9. The smallest absolute Gasteiger partial charge is 0.339 e. The van der Waals surface area contributed by atoms with E-state index >= 15 is 0 Å². The second-order valence-corrected chi connectivity index (χ2v) is 12.2. The van der Waals surface area contributed by atoms with E-state index in [0.717, 1.165) is 16.7 Å². The highest BCUT2D eigenvalue weighted by Crippen LogP contribution is 2.41. The largest absolute Gasteiger partial charge is 0.490 e. The van der Waals surface area contributed by atoms with E-state index < -0.39 is 21.3 Å². The van der Waals surface area contributed by atoms with Crippen molar-refractivity contribution in [1.82, 2.24) is 4.90 Å². The minimum absolute atomic E-state index is 0.00627. The average Bonchev–Trinajstić information content (AvgIpc) is 3.15. The molecule has 1 saturated heterocycles. The van der Waals surface area contributed by atoms with Gasteiger partial charge in [-0.15, -0.1) is 0 Å². The molecule has 0 atom stereocenters. The first kappa shape index (κ1) is 30.7. The van der Waals surface area contributed by atoms with Crippen molar-refractivity contribution in [1.29, 1.82) is 0 Å². The summed E-state index contributed by atoms with van der Waals surface area (Å²) in [4.78, 5) is 37.9. The highest BCUT2D eigenvalue weighted by atomic mass is 35.5. The lowest BCUT2D eigenvalue weighted by Gasteiger charge is -2.15. The van der Waals surface area contributed by atoms with Gasteiger partial charge in [0, 0.05) is 28.2 Å². The standard InChI is InChI=1S/C27H21Cl3N2O7S2/c1-3-38-23-12-16(13-24-26(34)32(27(35)40-24)14-19-20(28)5-4-6-21(19)29)11-22(30)25(23)39-41(36,37)18-9-7-17(8-10-18)31-15(2)33/h4-13H,3,14H2,1-2H3,(H,31,33)/b24-13-. The van der Waals surface area contributed by atoms with Crippen LogP contribution in [0.1, 0.15) is 25.0 Å². The van der Waals surface area contributed by atoms with Crippen LogP contribution in [0.3, 0.4) is 0 Å². The molecule has 0 radical (unpaired) electrons. The zero-order chi connectivity index (χ0) is 29.9. The van der Waals surface area contributed by atoms with Gasteiger partial charge >= 0.3 is 10.1 Å². The fourth-order valence-corrected chi connectivity index (χ4v) is 6.33. The van der Waals surface area contributed by atoms with Crippen LogP contribution >= 0.6 is 46.6 Å². The van der Waals surface area contributed by atoms with Gasteiger partial charge in [-0.3, -0.25) is 19.3 Å². The summed E-state index contributed by atoms with van der Waals surface area (Å²) >= 11 is 19.6. The molecule has 3 aromatic rings. The zero-order valence-corrected chi connectivity index (χ0v) is 25.3. The van der Waals surface area contributed by atoms with Crippen LogP contribution in [0, 0.1) is 0 Å². The van der Waals surface area contributed by atoms with E-state index in [0.29, 0.717) is 26.9 Å². The van der Waals surface area contributed by atoms with Crippen LogP contribution in [0.4, 0.5) is 10.5 Å².